The zero-order valence-electron chi connectivity index (χ0n) is 15.8. The van der Waals surface area contributed by atoms with Gasteiger partial charge in [-0.3, -0.25) is 4.90 Å². The van der Waals surface area contributed by atoms with Crippen LogP contribution in [0.2, 0.25) is 0 Å². The molecule has 26 heavy (non-hydrogen) atoms. The number of hydrogen-bond donors (Lipinski definition) is 2. The Balaban J connectivity index is 1.47. The lowest BCUT2D eigenvalue weighted by Gasteiger charge is -2.44. The van der Waals surface area contributed by atoms with E-state index in [9.17, 15) is 5.11 Å². The lowest BCUT2D eigenvalue weighted by atomic mass is 9.84. The third kappa shape index (κ3) is 3.08. The summed E-state index contributed by atoms with van der Waals surface area (Å²) in [6.45, 7) is 8.36. The van der Waals surface area contributed by atoms with Crippen LogP contribution in [0.3, 0.4) is 0 Å². The number of aliphatic hydroxyl groups excluding tert-OH is 1. The number of aliphatic hydroxyl groups is 1. The SMILES string of the molecule is Cc1cccc(N2CCN([C@H]3Cc4c(N)cccc4C[C@@H]3O)CC2)c1C. The van der Waals surface area contributed by atoms with Crippen LogP contribution in [-0.2, 0) is 12.8 Å². The van der Waals surface area contributed by atoms with E-state index in [2.05, 4.69) is 47.9 Å². The molecule has 0 unspecified atom stereocenters. The molecule has 0 radical (unpaired) electrons. The summed E-state index contributed by atoms with van der Waals surface area (Å²) < 4.78 is 0. The van der Waals surface area contributed by atoms with Crippen molar-refractivity contribution in [3.05, 3.63) is 58.7 Å². The number of benzene rings is 2. The first-order chi connectivity index (χ1) is 12.5. The molecule has 1 fully saturated rings. The first-order valence-electron chi connectivity index (χ1n) is 9.64. The van der Waals surface area contributed by atoms with E-state index >= 15 is 0 Å². The van der Waals surface area contributed by atoms with Crippen molar-refractivity contribution in [2.24, 2.45) is 0 Å². The minimum atomic E-state index is -0.309. The van der Waals surface area contributed by atoms with Crippen LogP contribution >= 0.6 is 0 Å². The van der Waals surface area contributed by atoms with Crippen molar-refractivity contribution in [3.63, 3.8) is 0 Å². The summed E-state index contributed by atoms with van der Waals surface area (Å²) in [5, 5.41) is 10.7. The fraction of sp³-hybridized carbons (Fsp3) is 0.455. The smallest absolute Gasteiger partial charge is 0.0739 e. The highest BCUT2D eigenvalue weighted by molar-refractivity contribution is 5.56. The highest BCUT2D eigenvalue weighted by Gasteiger charge is 2.34. The molecule has 0 saturated carbocycles. The van der Waals surface area contributed by atoms with Crippen LogP contribution in [-0.4, -0.2) is 48.3 Å². The highest BCUT2D eigenvalue weighted by atomic mass is 16.3. The van der Waals surface area contributed by atoms with Gasteiger partial charge >= 0.3 is 0 Å². The highest BCUT2D eigenvalue weighted by Crippen LogP contribution is 2.30. The minimum Gasteiger partial charge on any atom is -0.398 e. The van der Waals surface area contributed by atoms with Gasteiger partial charge in [0.15, 0.2) is 0 Å². The second kappa shape index (κ2) is 6.93. The monoisotopic (exact) mass is 351 g/mol. The molecule has 4 nitrogen and oxygen atoms in total. The third-order valence-electron chi connectivity index (χ3n) is 6.30. The topological polar surface area (TPSA) is 52.7 Å². The average molecular weight is 351 g/mol. The van der Waals surface area contributed by atoms with E-state index in [0.717, 1.165) is 38.3 Å². The van der Waals surface area contributed by atoms with Crippen LogP contribution in [0.1, 0.15) is 22.3 Å². The Labute approximate surface area is 156 Å². The molecule has 0 bridgehead atoms. The molecule has 2 aromatic rings. The van der Waals surface area contributed by atoms with E-state index in [-0.39, 0.29) is 12.1 Å². The lowest BCUT2D eigenvalue weighted by Crippen LogP contribution is -2.56. The summed E-state index contributed by atoms with van der Waals surface area (Å²) in [6.07, 6.45) is 1.26. The Morgan fingerprint density at radius 3 is 2.46 bits per heavy atom. The van der Waals surface area contributed by atoms with Gasteiger partial charge in [0.1, 0.15) is 0 Å². The van der Waals surface area contributed by atoms with Crippen molar-refractivity contribution in [1.82, 2.24) is 4.90 Å². The van der Waals surface area contributed by atoms with Crippen LogP contribution in [0.25, 0.3) is 0 Å². The number of piperazine rings is 1. The molecule has 1 saturated heterocycles. The number of aryl methyl sites for hydroxylation is 1. The Bertz CT molecular complexity index is 796. The van der Waals surface area contributed by atoms with Crippen LogP contribution in [0.15, 0.2) is 36.4 Å². The summed E-state index contributed by atoms with van der Waals surface area (Å²) in [5.74, 6) is 0. The molecule has 2 atom stereocenters. The second-order valence-corrected chi connectivity index (χ2v) is 7.77. The van der Waals surface area contributed by atoms with Gasteiger partial charge in [-0.1, -0.05) is 24.3 Å². The van der Waals surface area contributed by atoms with Gasteiger partial charge < -0.3 is 15.7 Å². The minimum absolute atomic E-state index is 0.174. The number of nitrogens with two attached hydrogens (primary N) is 1. The van der Waals surface area contributed by atoms with E-state index in [0.29, 0.717) is 6.42 Å². The average Bonchev–Trinajstić information content (AvgIpc) is 2.64. The van der Waals surface area contributed by atoms with Gasteiger partial charge in [-0.2, -0.15) is 0 Å². The molecule has 4 heteroatoms. The van der Waals surface area contributed by atoms with Gasteiger partial charge in [0.2, 0.25) is 0 Å². The van der Waals surface area contributed by atoms with Gasteiger partial charge in [-0.15, -0.1) is 0 Å². The van der Waals surface area contributed by atoms with Crippen molar-refractivity contribution in [2.45, 2.75) is 38.8 Å². The summed E-state index contributed by atoms with van der Waals surface area (Å²) in [7, 11) is 0. The maximum atomic E-state index is 10.7. The molecular formula is C22H29N3O. The van der Waals surface area contributed by atoms with Gasteiger partial charge in [0, 0.05) is 50.0 Å². The van der Waals surface area contributed by atoms with Gasteiger partial charge in [0.25, 0.3) is 0 Å². The van der Waals surface area contributed by atoms with Crippen LogP contribution < -0.4 is 10.6 Å². The summed E-state index contributed by atoms with van der Waals surface area (Å²) in [4.78, 5) is 4.94. The van der Waals surface area contributed by atoms with Crippen molar-refractivity contribution in [1.29, 1.82) is 0 Å². The summed E-state index contributed by atoms with van der Waals surface area (Å²) in [6, 6.07) is 12.8. The normalized spacial score (nSPS) is 23.7. The van der Waals surface area contributed by atoms with Gasteiger partial charge in [0.05, 0.1) is 6.10 Å². The molecular weight excluding hydrogens is 322 g/mol. The summed E-state index contributed by atoms with van der Waals surface area (Å²) in [5.41, 5.74) is 13.6. The number of hydrogen-bond acceptors (Lipinski definition) is 4. The molecule has 2 aliphatic rings. The zero-order valence-corrected chi connectivity index (χ0v) is 15.8. The fourth-order valence-electron chi connectivity index (χ4n) is 4.55. The van der Waals surface area contributed by atoms with Crippen LogP contribution in [0.5, 0.6) is 0 Å². The van der Waals surface area contributed by atoms with Crippen molar-refractivity contribution >= 4 is 11.4 Å². The molecule has 0 amide bonds. The maximum absolute atomic E-state index is 10.7. The molecule has 0 spiro atoms. The Morgan fingerprint density at radius 2 is 1.69 bits per heavy atom. The largest absolute Gasteiger partial charge is 0.398 e. The molecule has 1 heterocycles. The molecule has 0 aromatic heterocycles. The molecule has 2 aromatic carbocycles. The molecule has 1 aliphatic heterocycles. The number of anilines is 2. The van der Waals surface area contributed by atoms with Crippen LogP contribution in [0, 0.1) is 13.8 Å². The van der Waals surface area contributed by atoms with Crippen molar-refractivity contribution in [3.8, 4) is 0 Å². The Kier molecular flexibility index (Phi) is 4.63. The van der Waals surface area contributed by atoms with Gasteiger partial charge in [-0.25, -0.2) is 0 Å². The van der Waals surface area contributed by atoms with E-state index in [1.54, 1.807) is 0 Å². The predicted molar refractivity (Wildman–Crippen MR) is 108 cm³/mol. The lowest BCUT2D eigenvalue weighted by molar-refractivity contribution is 0.0397. The Morgan fingerprint density at radius 1 is 0.962 bits per heavy atom. The standard InChI is InChI=1S/C22H29N3O/c1-15-5-3-8-20(16(15)2)24-9-11-25(12-10-24)21-14-18-17(13-22(21)26)6-4-7-19(18)23/h3-8,21-22,26H,9-14,23H2,1-2H3/t21-,22-/m0/s1. The molecule has 3 N–H and O–H groups in total. The van der Waals surface area contributed by atoms with Crippen LogP contribution in [0.4, 0.5) is 11.4 Å². The molecule has 1 aliphatic carbocycles. The van der Waals surface area contributed by atoms with E-state index in [4.69, 9.17) is 5.73 Å². The number of nitrogens with zero attached hydrogens (tertiary/aromatic N) is 2. The number of rotatable bonds is 2. The zero-order chi connectivity index (χ0) is 18.3. The molecule has 4 rings (SSSR count). The maximum Gasteiger partial charge on any atom is 0.0739 e. The Hall–Kier alpha value is -2.04. The third-order valence-corrected chi connectivity index (χ3v) is 6.30. The fourth-order valence-corrected chi connectivity index (χ4v) is 4.55. The quantitative estimate of drug-likeness (QED) is 0.817. The van der Waals surface area contributed by atoms with E-state index in [1.165, 1.54) is 27.9 Å². The van der Waals surface area contributed by atoms with Crippen molar-refractivity contribution in [2.75, 3.05) is 36.8 Å². The first kappa shape index (κ1) is 17.4. The van der Waals surface area contributed by atoms with E-state index < -0.39 is 0 Å². The first-order valence-corrected chi connectivity index (χ1v) is 9.64. The summed E-state index contributed by atoms with van der Waals surface area (Å²) >= 11 is 0. The van der Waals surface area contributed by atoms with E-state index in [1.807, 2.05) is 12.1 Å². The van der Waals surface area contributed by atoms with Gasteiger partial charge in [-0.05, 0) is 54.7 Å². The number of nitrogen functional groups attached to an aromatic ring is 1. The molecule has 138 valence electrons. The number of fused-ring (bicyclic) bond motifs is 1. The second-order valence-electron chi connectivity index (χ2n) is 7.77. The van der Waals surface area contributed by atoms with Crippen molar-refractivity contribution < 1.29 is 5.11 Å². The predicted octanol–water partition coefficient (Wildman–Crippen LogP) is 2.54.